The van der Waals surface area contributed by atoms with Crippen molar-refractivity contribution in [2.45, 2.75) is 38.2 Å². The molecular weight excluding hydrogens is 264 g/mol. The summed E-state index contributed by atoms with van der Waals surface area (Å²) in [5, 5.41) is 4.03. The highest BCUT2D eigenvalue weighted by Gasteiger charge is 2.43. The van der Waals surface area contributed by atoms with Crippen LogP contribution in [0, 0.1) is 5.92 Å². The summed E-state index contributed by atoms with van der Waals surface area (Å²) < 4.78 is 15.2. The Balaban J connectivity index is 1.76. The minimum absolute atomic E-state index is 0.0306. The number of Topliss-reactive ketones (excluding diaryl/α,β-unsaturated/α-hetero) is 1. The number of nitrogens with zero attached hydrogens (tertiary/aromatic N) is 2. The molecule has 3 rings (SSSR count). The van der Waals surface area contributed by atoms with Crippen molar-refractivity contribution in [1.29, 1.82) is 0 Å². The van der Waals surface area contributed by atoms with Gasteiger partial charge < -0.3 is 9.47 Å². The van der Waals surface area contributed by atoms with Gasteiger partial charge >= 0.3 is 0 Å². The Morgan fingerprint density at radius 1 is 1.53 bits per heavy atom. The molecule has 19 heavy (non-hydrogen) atoms. The molecule has 5 nitrogen and oxygen atoms in total. The topological polar surface area (TPSA) is 61.3 Å². The quantitative estimate of drug-likeness (QED) is 0.792. The largest absolute Gasteiger partial charge is 0.378 e. The van der Waals surface area contributed by atoms with Gasteiger partial charge in [-0.25, -0.2) is 0 Å². The molecule has 2 fully saturated rings. The van der Waals surface area contributed by atoms with Crippen molar-refractivity contribution in [1.82, 2.24) is 9.59 Å². The van der Waals surface area contributed by atoms with Gasteiger partial charge in [0.2, 0.25) is 0 Å². The van der Waals surface area contributed by atoms with Crippen LogP contribution in [0.4, 0.5) is 0 Å². The van der Waals surface area contributed by atoms with Crippen molar-refractivity contribution in [3.05, 3.63) is 10.6 Å². The fourth-order valence-corrected chi connectivity index (χ4v) is 3.70. The number of aryl methyl sites for hydroxylation is 1. The molecule has 0 aliphatic carbocycles. The van der Waals surface area contributed by atoms with E-state index in [9.17, 15) is 4.79 Å². The van der Waals surface area contributed by atoms with Gasteiger partial charge in [0.05, 0.1) is 17.9 Å². The van der Waals surface area contributed by atoms with E-state index < -0.39 is 0 Å². The van der Waals surface area contributed by atoms with Crippen LogP contribution in [0.1, 0.15) is 41.6 Å². The lowest BCUT2D eigenvalue weighted by atomic mass is 9.82. The van der Waals surface area contributed by atoms with E-state index in [0.717, 1.165) is 42.9 Å². The Morgan fingerprint density at radius 2 is 2.42 bits per heavy atom. The van der Waals surface area contributed by atoms with E-state index in [-0.39, 0.29) is 17.3 Å². The summed E-state index contributed by atoms with van der Waals surface area (Å²) in [4.78, 5) is 13.4. The lowest BCUT2D eigenvalue weighted by Gasteiger charge is -2.36. The molecule has 0 aromatic carbocycles. The number of rotatable bonds is 3. The van der Waals surface area contributed by atoms with Gasteiger partial charge in [-0.15, -0.1) is 5.10 Å². The fraction of sp³-hybridized carbons (Fsp3) is 0.769. The third kappa shape index (κ3) is 2.44. The average molecular weight is 282 g/mol. The second kappa shape index (κ2) is 5.26. The van der Waals surface area contributed by atoms with Crippen LogP contribution in [0.3, 0.4) is 0 Å². The maximum atomic E-state index is 12.6. The molecular formula is C13H18N2O3S. The van der Waals surface area contributed by atoms with Gasteiger partial charge in [-0.1, -0.05) is 11.4 Å². The Hall–Kier alpha value is -0.850. The summed E-state index contributed by atoms with van der Waals surface area (Å²) in [5.41, 5.74) is 0.613. The van der Waals surface area contributed by atoms with Crippen LogP contribution in [0.25, 0.3) is 0 Å². The summed E-state index contributed by atoms with van der Waals surface area (Å²) >= 11 is 1.22. The Labute approximate surface area is 116 Å². The summed E-state index contributed by atoms with van der Waals surface area (Å²) in [5.74, 6) is 0.226. The van der Waals surface area contributed by atoms with E-state index in [1.807, 2.05) is 6.92 Å². The lowest BCUT2D eigenvalue weighted by molar-refractivity contribution is -0.0920. The highest BCUT2D eigenvalue weighted by molar-refractivity contribution is 7.08. The van der Waals surface area contributed by atoms with Crippen molar-refractivity contribution in [2.24, 2.45) is 5.92 Å². The first-order valence-electron chi connectivity index (χ1n) is 6.81. The van der Waals surface area contributed by atoms with Crippen LogP contribution in [0.5, 0.6) is 0 Å². The molecule has 2 aliphatic heterocycles. The molecule has 2 atom stereocenters. The standard InChI is InChI=1S/C13H18N2O3S/c1-2-10-12(19-15-14-10)11(16)9-3-5-18-13(7-9)4-6-17-8-13/h9H,2-8H2,1H3. The first-order valence-corrected chi connectivity index (χ1v) is 7.58. The third-order valence-electron chi connectivity index (χ3n) is 4.05. The number of aromatic nitrogens is 2. The third-order valence-corrected chi connectivity index (χ3v) is 4.83. The Kier molecular flexibility index (Phi) is 3.64. The van der Waals surface area contributed by atoms with E-state index in [1.165, 1.54) is 11.5 Å². The molecule has 2 aliphatic rings. The summed E-state index contributed by atoms with van der Waals surface area (Å²) in [6, 6.07) is 0. The molecule has 2 saturated heterocycles. The Bertz CT molecular complexity index is 468. The van der Waals surface area contributed by atoms with Crippen molar-refractivity contribution >= 4 is 17.3 Å². The van der Waals surface area contributed by atoms with E-state index in [2.05, 4.69) is 9.59 Å². The molecule has 104 valence electrons. The summed E-state index contributed by atoms with van der Waals surface area (Å²) in [6.45, 7) is 4.01. The van der Waals surface area contributed by atoms with Crippen LogP contribution in [-0.2, 0) is 15.9 Å². The zero-order chi connectivity index (χ0) is 13.3. The minimum Gasteiger partial charge on any atom is -0.378 e. The molecule has 2 unspecified atom stereocenters. The summed E-state index contributed by atoms with van der Waals surface area (Å²) in [7, 11) is 0. The van der Waals surface area contributed by atoms with Crippen LogP contribution >= 0.6 is 11.5 Å². The highest BCUT2D eigenvalue weighted by Crippen LogP contribution is 2.37. The number of ketones is 1. The highest BCUT2D eigenvalue weighted by atomic mass is 32.1. The van der Waals surface area contributed by atoms with Gasteiger partial charge in [-0.05, 0) is 30.8 Å². The van der Waals surface area contributed by atoms with Crippen molar-refractivity contribution in [2.75, 3.05) is 19.8 Å². The smallest absolute Gasteiger partial charge is 0.179 e. The average Bonchev–Trinajstić information content (AvgIpc) is 3.07. The predicted molar refractivity (Wildman–Crippen MR) is 70.5 cm³/mol. The van der Waals surface area contributed by atoms with E-state index in [0.29, 0.717) is 13.2 Å². The maximum Gasteiger partial charge on any atom is 0.179 e. The van der Waals surface area contributed by atoms with Gasteiger partial charge in [0.1, 0.15) is 4.88 Å². The van der Waals surface area contributed by atoms with Crippen molar-refractivity contribution < 1.29 is 14.3 Å². The van der Waals surface area contributed by atoms with Gasteiger partial charge in [-0.2, -0.15) is 0 Å². The van der Waals surface area contributed by atoms with Crippen LogP contribution in [0.2, 0.25) is 0 Å². The first-order chi connectivity index (χ1) is 9.24. The van der Waals surface area contributed by atoms with Crippen LogP contribution in [0.15, 0.2) is 0 Å². The molecule has 6 heteroatoms. The van der Waals surface area contributed by atoms with Gasteiger partial charge in [0, 0.05) is 25.6 Å². The van der Waals surface area contributed by atoms with Crippen LogP contribution < -0.4 is 0 Å². The number of carbonyl (C=O) groups excluding carboxylic acids is 1. The number of carbonyl (C=O) groups is 1. The minimum atomic E-state index is -0.219. The maximum absolute atomic E-state index is 12.6. The van der Waals surface area contributed by atoms with E-state index in [1.54, 1.807) is 0 Å². The van der Waals surface area contributed by atoms with Gasteiger partial charge in [0.25, 0.3) is 0 Å². The molecule has 1 aromatic rings. The first kappa shape index (κ1) is 13.1. The molecule has 0 radical (unpaired) electrons. The Morgan fingerprint density at radius 3 is 3.16 bits per heavy atom. The van der Waals surface area contributed by atoms with E-state index >= 15 is 0 Å². The molecule has 3 heterocycles. The van der Waals surface area contributed by atoms with Crippen molar-refractivity contribution in [3.8, 4) is 0 Å². The zero-order valence-corrected chi connectivity index (χ0v) is 11.9. The molecule has 0 saturated carbocycles. The monoisotopic (exact) mass is 282 g/mol. The van der Waals surface area contributed by atoms with Crippen molar-refractivity contribution in [3.63, 3.8) is 0 Å². The fourth-order valence-electron chi connectivity index (χ4n) is 2.93. The van der Waals surface area contributed by atoms with Gasteiger partial charge in [-0.3, -0.25) is 4.79 Å². The SMILES string of the molecule is CCc1nnsc1C(=O)C1CCOC2(CCOC2)C1. The molecule has 0 amide bonds. The summed E-state index contributed by atoms with van der Waals surface area (Å²) in [6.07, 6.45) is 3.22. The molecule has 1 spiro atoms. The second-order valence-electron chi connectivity index (χ2n) is 5.29. The number of hydrogen-bond acceptors (Lipinski definition) is 6. The number of hydrogen-bond donors (Lipinski definition) is 0. The second-order valence-corrected chi connectivity index (χ2v) is 6.04. The van der Waals surface area contributed by atoms with E-state index in [4.69, 9.17) is 9.47 Å². The normalized spacial score (nSPS) is 30.9. The lowest BCUT2D eigenvalue weighted by Crippen LogP contribution is -2.42. The van der Waals surface area contributed by atoms with Gasteiger partial charge in [0.15, 0.2) is 5.78 Å². The zero-order valence-electron chi connectivity index (χ0n) is 11.1. The number of ether oxygens (including phenoxy) is 2. The van der Waals surface area contributed by atoms with Crippen LogP contribution in [-0.4, -0.2) is 40.8 Å². The predicted octanol–water partition coefficient (Wildman–Crippen LogP) is 1.87. The molecule has 0 bridgehead atoms. The molecule has 0 N–H and O–H groups in total. The molecule has 1 aromatic heterocycles.